The van der Waals surface area contributed by atoms with Crippen molar-refractivity contribution in [2.24, 2.45) is 0 Å². The van der Waals surface area contributed by atoms with E-state index >= 15 is 0 Å². The molecule has 2 aliphatic rings. The van der Waals surface area contributed by atoms with Gasteiger partial charge in [-0.15, -0.1) is 0 Å². The number of piperidine rings is 1. The van der Waals surface area contributed by atoms with Crippen molar-refractivity contribution in [3.8, 4) is 0 Å². The maximum absolute atomic E-state index is 13.0. The minimum atomic E-state index is -0.0259. The topological polar surface area (TPSA) is 33.5 Å². The highest BCUT2D eigenvalue weighted by Gasteiger charge is 2.43. The van der Waals surface area contributed by atoms with Crippen LogP contribution in [0.3, 0.4) is 0 Å². The Hall–Kier alpha value is -2.13. The lowest BCUT2D eigenvalue weighted by molar-refractivity contribution is -0.921. The fraction of sp³-hybridized carbons (Fsp3) is 0.381. The molecule has 24 heavy (non-hydrogen) atoms. The van der Waals surface area contributed by atoms with Gasteiger partial charge in [0.25, 0.3) is 5.91 Å². The van der Waals surface area contributed by atoms with Crippen LogP contribution in [0.25, 0.3) is 0 Å². The molecule has 0 unspecified atom stereocenters. The van der Waals surface area contributed by atoms with Crippen LogP contribution in [0.5, 0.6) is 0 Å². The Morgan fingerprint density at radius 3 is 2.50 bits per heavy atom. The number of hydrogen-bond acceptors (Lipinski definition) is 1. The first kappa shape index (κ1) is 15.4. The second-order valence-corrected chi connectivity index (χ2v) is 7.16. The molecule has 3 heteroatoms. The van der Waals surface area contributed by atoms with Crippen LogP contribution < -0.4 is 10.2 Å². The number of hydrogen-bond donors (Lipinski definition) is 2. The zero-order valence-corrected chi connectivity index (χ0v) is 14.2. The predicted octanol–water partition coefficient (Wildman–Crippen LogP) is 2.52. The summed E-state index contributed by atoms with van der Waals surface area (Å²) < 4.78 is 0. The molecule has 2 N–H and O–H groups in total. The molecule has 3 nitrogen and oxygen atoms in total. The van der Waals surface area contributed by atoms with Crippen molar-refractivity contribution in [3.63, 3.8) is 0 Å². The fourth-order valence-corrected chi connectivity index (χ4v) is 4.37. The van der Waals surface area contributed by atoms with Crippen LogP contribution in [0.4, 0.5) is 5.69 Å². The third kappa shape index (κ3) is 2.73. The van der Waals surface area contributed by atoms with Gasteiger partial charge in [0.1, 0.15) is 0 Å². The number of quaternary nitrogens is 1. The first-order valence-corrected chi connectivity index (χ1v) is 9.05. The van der Waals surface area contributed by atoms with Crippen molar-refractivity contribution in [2.75, 3.05) is 18.4 Å². The van der Waals surface area contributed by atoms with Gasteiger partial charge in [-0.05, 0) is 43.4 Å². The molecule has 0 aromatic heterocycles. The summed E-state index contributed by atoms with van der Waals surface area (Å²) in [5.74, 6) is 0.319. The smallest absolute Gasteiger partial charge is 0.283 e. The molecule has 2 aromatic carbocycles. The van der Waals surface area contributed by atoms with Gasteiger partial charge in [-0.2, -0.15) is 0 Å². The fourth-order valence-electron chi connectivity index (χ4n) is 4.37. The zero-order valence-electron chi connectivity index (χ0n) is 14.2. The van der Waals surface area contributed by atoms with Gasteiger partial charge in [-0.25, -0.2) is 0 Å². The molecule has 124 valence electrons. The van der Waals surface area contributed by atoms with E-state index in [9.17, 15) is 4.79 Å². The summed E-state index contributed by atoms with van der Waals surface area (Å²) in [6.07, 6.45) is 3.74. The normalized spacial score (nSPS) is 24.3. The number of nitrogens with one attached hydrogen (secondary N) is 2. The summed E-state index contributed by atoms with van der Waals surface area (Å²) in [6, 6.07) is 16.9. The van der Waals surface area contributed by atoms with Gasteiger partial charge in [0.15, 0.2) is 6.04 Å². The number of amides is 1. The second-order valence-electron chi connectivity index (χ2n) is 7.16. The Kier molecular flexibility index (Phi) is 4.11. The summed E-state index contributed by atoms with van der Waals surface area (Å²) in [5, 5.41) is 3.17. The third-order valence-electron chi connectivity index (χ3n) is 5.51. The average Bonchev–Trinajstić information content (AvgIpc) is 2.62. The van der Waals surface area contributed by atoms with E-state index < -0.39 is 0 Å². The molecule has 1 amide bonds. The lowest BCUT2D eigenvalue weighted by Crippen LogP contribution is -3.18. The number of anilines is 1. The Labute approximate surface area is 143 Å². The van der Waals surface area contributed by atoms with Gasteiger partial charge in [0.2, 0.25) is 0 Å². The van der Waals surface area contributed by atoms with Crippen LogP contribution in [0.1, 0.15) is 41.9 Å². The van der Waals surface area contributed by atoms with Crippen LogP contribution in [-0.4, -0.2) is 25.0 Å². The van der Waals surface area contributed by atoms with E-state index in [4.69, 9.17) is 0 Å². The van der Waals surface area contributed by atoms with Crippen LogP contribution in [0.2, 0.25) is 0 Å². The van der Waals surface area contributed by atoms with E-state index in [0.29, 0.717) is 0 Å². The molecule has 2 heterocycles. The van der Waals surface area contributed by atoms with Gasteiger partial charge in [0.05, 0.1) is 19.0 Å². The van der Waals surface area contributed by atoms with E-state index in [-0.39, 0.29) is 17.9 Å². The molecular weight excluding hydrogens is 296 g/mol. The summed E-state index contributed by atoms with van der Waals surface area (Å²) in [5.41, 5.74) is 4.75. The van der Waals surface area contributed by atoms with E-state index in [2.05, 4.69) is 54.7 Å². The third-order valence-corrected chi connectivity index (χ3v) is 5.51. The highest BCUT2D eigenvalue weighted by atomic mass is 16.2. The molecule has 2 aliphatic heterocycles. The molecule has 2 atom stereocenters. The van der Waals surface area contributed by atoms with Gasteiger partial charge in [0, 0.05) is 5.69 Å². The minimum absolute atomic E-state index is 0.0259. The standard InChI is InChI=1S/C21H24N2O/c1-15-10-11-18-17(14-15)19(16-8-4-2-5-9-16)20(21(24)22-18)23-12-6-3-7-13-23/h2,4-5,8-11,14,19-20H,3,6-7,12-13H2,1H3,(H,22,24)/p+1/t19-,20+/m0/s1. The van der Waals surface area contributed by atoms with Crippen molar-refractivity contribution in [1.29, 1.82) is 0 Å². The number of benzene rings is 2. The van der Waals surface area contributed by atoms with Crippen LogP contribution >= 0.6 is 0 Å². The number of fused-ring (bicyclic) bond motifs is 1. The molecule has 0 radical (unpaired) electrons. The lowest BCUT2D eigenvalue weighted by atomic mass is 9.79. The molecule has 1 fully saturated rings. The van der Waals surface area contributed by atoms with Crippen molar-refractivity contribution in [2.45, 2.75) is 38.1 Å². The van der Waals surface area contributed by atoms with E-state index in [1.165, 1.54) is 40.9 Å². The molecule has 0 bridgehead atoms. The lowest BCUT2D eigenvalue weighted by Gasteiger charge is -2.39. The van der Waals surface area contributed by atoms with Crippen LogP contribution in [-0.2, 0) is 4.79 Å². The summed E-state index contributed by atoms with van der Waals surface area (Å²) in [4.78, 5) is 14.4. The molecule has 0 aliphatic carbocycles. The number of rotatable bonds is 2. The number of likely N-dealkylation sites (tertiary alicyclic amines) is 1. The number of aryl methyl sites for hydroxylation is 1. The van der Waals surface area contributed by atoms with Crippen molar-refractivity contribution >= 4 is 11.6 Å². The van der Waals surface area contributed by atoms with Crippen LogP contribution in [0.15, 0.2) is 48.5 Å². The SMILES string of the molecule is Cc1ccc2c(c1)[C@H](c1ccccc1)[C@@H]([NH+]1CCCCC1)C(=O)N2. The highest BCUT2D eigenvalue weighted by Crippen LogP contribution is 2.37. The number of carbonyl (C=O) groups excluding carboxylic acids is 1. The first-order valence-electron chi connectivity index (χ1n) is 9.05. The highest BCUT2D eigenvalue weighted by molar-refractivity contribution is 5.98. The van der Waals surface area contributed by atoms with Crippen molar-refractivity contribution in [3.05, 3.63) is 65.2 Å². The van der Waals surface area contributed by atoms with Gasteiger partial charge in [-0.1, -0.05) is 48.0 Å². The van der Waals surface area contributed by atoms with E-state index in [1.807, 2.05) is 6.07 Å². The molecular formula is C21H25N2O+. The summed E-state index contributed by atoms with van der Waals surface area (Å²) in [6.45, 7) is 4.33. The van der Waals surface area contributed by atoms with Gasteiger partial charge >= 0.3 is 0 Å². The van der Waals surface area contributed by atoms with Gasteiger partial charge < -0.3 is 10.2 Å². The largest absolute Gasteiger partial charge is 0.324 e. The maximum atomic E-state index is 13.0. The maximum Gasteiger partial charge on any atom is 0.283 e. The molecule has 1 saturated heterocycles. The average molecular weight is 321 g/mol. The Bertz CT molecular complexity index is 735. The minimum Gasteiger partial charge on any atom is -0.324 e. The molecule has 0 spiro atoms. The summed E-state index contributed by atoms with van der Waals surface area (Å²) in [7, 11) is 0. The predicted molar refractivity (Wildman–Crippen MR) is 96.4 cm³/mol. The van der Waals surface area contributed by atoms with Gasteiger partial charge in [-0.3, -0.25) is 4.79 Å². The van der Waals surface area contributed by atoms with E-state index in [1.54, 1.807) is 0 Å². The Balaban J connectivity index is 1.83. The first-order chi connectivity index (χ1) is 11.7. The Morgan fingerprint density at radius 1 is 1.00 bits per heavy atom. The number of carbonyl (C=O) groups is 1. The second kappa shape index (κ2) is 6.40. The molecule has 0 saturated carbocycles. The van der Waals surface area contributed by atoms with Crippen LogP contribution in [0, 0.1) is 6.92 Å². The summed E-state index contributed by atoms with van der Waals surface area (Å²) >= 11 is 0. The van der Waals surface area contributed by atoms with E-state index in [0.717, 1.165) is 18.8 Å². The molecule has 4 rings (SSSR count). The monoisotopic (exact) mass is 321 g/mol. The quantitative estimate of drug-likeness (QED) is 0.875. The van der Waals surface area contributed by atoms with Crippen molar-refractivity contribution in [1.82, 2.24) is 0 Å². The molecule has 2 aromatic rings. The zero-order chi connectivity index (χ0) is 16.5. The Morgan fingerprint density at radius 2 is 1.75 bits per heavy atom. The van der Waals surface area contributed by atoms with Crippen molar-refractivity contribution < 1.29 is 9.69 Å².